The van der Waals surface area contributed by atoms with Crippen LogP contribution in [-0.2, 0) is 18.1 Å². The molecular formula is C21H19ClF3N7O. The first-order valence-electron chi connectivity index (χ1n) is 11.2. The Balaban J connectivity index is 1.66. The Morgan fingerprint density at radius 1 is 1.39 bits per heavy atom. The van der Waals surface area contributed by atoms with E-state index in [4.69, 9.17) is 21.0 Å². The zero-order valence-corrected chi connectivity index (χ0v) is 17.7. The fraction of sp³-hybridized carbons (Fsp3) is 0.333. The van der Waals surface area contributed by atoms with Gasteiger partial charge in [-0.25, -0.2) is 9.78 Å². The molecule has 172 valence electrons. The standard InChI is InChI=1S/C21H19ClF3N7O/c1-27-19(33)31-11-20(12-31,32-9-13(4-5-26)8-29-32)10-28-17-7-18(21(23,24)25)30-16-3-2-14(22)6-15(16)17/h2-3,6-9H,4,10-12H2,1H3,(H,27,33)(H,28,30)/i1D3. The molecule has 1 aliphatic heterocycles. The second-order valence-electron chi connectivity index (χ2n) is 7.71. The minimum atomic E-state index is -4.68. The molecule has 0 bridgehead atoms. The Morgan fingerprint density at radius 3 is 2.88 bits per heavy atom. The summed E-state index contributed by atoms with van der Waals surface area (Å²) in [7, 11) is 0. The van der Waals surface area contributed by atoms with Crippen molar-refractivity contribution < 1.29 is 22.1 Å². The van der Waals surface area contributed by atoms with Crippen LogP contribution in [0.15, 0.2) is 36.7 Å². The molecular weight excluding hydrogens is 459 g/mol. The third-order valence-corrected chi connectivity index (χ3v) is 5.67. The van der Waals surface area contributed by atoms with Crippen molar-refractivity contribution in [2.45, 2.75) is 18.1 Å². The minimum absolute atomic E-state index is 0.0193. The van der Waals surface area contributed by atoms with E-state index in [0.29, 0.717) is 16.0 Å². The summed E-state index contributed by atoms with van der Waals surface area (Å²) in [5, 5.41) is 18.9. The molecule has 8 nitrogen and oxygen atoms in total. The highest BCUT2D eigenvalue weighted by Crippen LogP contribution is 2.36. The first kappa shape index (κ1) is 19.0. The second-order valence-corrected chi connectivity index (χ2v) is 8.14. The average Bonchev–Trinajstić information content (AvgIpc) is 3.20. The first-order chi connectivity index (χ1) is 16.8. The van der Waals surface area contributed by atoms with Gasteiger partial charge in [0.1, 0.15) is 11.2 Å². The normalized spacial score (nSPS) is 16.8. The van der Waals surface area contributed by atoms with Crippen LogP contribution < -0.4 is 10.6 Å². The number of hydrogen-bond acceptors (Lipinski definition) is 5. The summed E-state index contributed by atoms with van der Waals surface area (Å²) in [5.41, 5.74) is -1.18. The van der Waals surface area contributed by atoms with E-state index in [1.807, 2.05) is 11.4 Å². The molecule has 1 aliphatic rings. The summed E-state index contributed by atoms with van der Waals surface area (Å²) in [6.07, 6.45) is -1.49. The number of amides is 2. The van der Waals surface area contributed by atoms with Gasteiger partial charge in [0.05, 0.1) is 37.3 Å². The van der Waals surface area contributed by atoms with E-state index < -0.39 is 30.4 Å². The molecule has 0 radical (unpaired) electrons. The van der Waals surface area contributed by atoms with Gasteiger partial charge in [0, 0.05) is 45.5 Å². The number of urea groups is 1. The molecule has 1 saturated heterocycles. The number of nitrogens with one attached hydrogen (secondary N) is 2. The lowest BCUT2D eigenvalue weighted by atomic mass is 9.89. The highest BCUT2D eigenvalue weighted by atomic mass is 35.5. The predicted molar refractivity (Wildman–Crippen MR) is 116 cm³/mol. The van der Waals surface area contributed by atoms with E-state index in [2.05, 4.69) is 15.4 Å². The zero-order valence-electron chi connectivity index (χ0n) is 19.9. The molecule has 3 heterocycles. The second kappa shape index (κ2) is 8.44. The number of carbonyl (C=O) groups excluding carboxylic acids is 1. The van der Waals surface area contributed by atoms with Gasteiger partial charge < -0.3 is 15.5 Å². The fourth-order valence-electron chi connectivity index (χ4n) is 3.78. The highest BCUT2D eigenvalue weighted by molar-refractivity contribution is 6.31. The molecule has 0 spiro atoms. The monoisotopic (exact) mass is 480 g/mol. The number of alkyl halides is 3. The maximum Gasteiger partial charge on any atom is 0.433 e. The summed E-state index contributed by atoms with van der Waals surface area (Å²) in [6.45, 7) is -2.61. The van der Waals surface area contributed by atoms with Gasteiger partial charge >= 0.3 is 12.2 Å². The van der Waals surface area contributed by atoms with Crippen LogP contribution in [0.2, 0.25) is 5.02 Å². The maximum atomic E-state index is 13.5. The van der Waals surface area contributed by atoms with E-state index in [9.17, 15) is 18.0 Å². The number of fused-ring (bicyclic) bond motifs is 1. The van der Waals surface area contributed by atoms with Crippen molar-refractivity contribution in [3.8, 4) is 6.07 Å². The molecule has 2 aromatic heterocycles. The van der Waals surface area contributed by atoms with Crippen LogP contribution in [0.3, 0.4) is 0 Å². The SMILES string of the molecule is [2H]C([2H])([2H])NC(=O)N1CC(CNc2cc(C(F)(F)F)nc3ccc(Cl)cc23)(n2cc(CC#N)cn2)C1. The number of likely N-dealkylation sites (tertiary alicyclic amines) is 1. The van der Waals surface area contributed by atoms with Crippen LogP contribution in [0.5, 0.6) is 0 Å². The highest BCUT2D eigenvalue weighted by Gasteiger charge is 2.47. The predicted octanol–water partition coefficient (Wildman–Crippen LogP) is 3.63. The van der Waals surface area contributed by atoms with Gasteiger partial charge in [0.2, 0.25) is 0 Å². The Labute approximate surface area is 196 Å². The molecule has 0 saturated carbocycles. The molecule has 3 aromatic rings. The minimum Gasteiger partial charge on any atom is -0.382 e. The van der Waals surface area contributed by atoms with E-state index in [1.54, 1.807) is 6.20 Å². The van der Waals surface area contributed by atoms with Crippen LogP contribution in [0.4, 0.5) is 23.7 Å². The number of carbonyl (C=O) groups is 1. The van der Waals surface area contributed by atoms with E-state index in [1.165, 1.54) is 34.0 Å². The molecule has 0 aliphatic carbocycles. The summed E-state index contributed by atoms with van der Waals surface area (Å²) in [5.74, 6) is 0. The maximum absolute atomic E-state index is 13.5. The molecule has 12 heteroatoms. The molecule has 33 heavy (non-hydrogen) atoms. The van der Waals surface area contributed by atoms with Crippen molar-refractivity contribution in [3.63, 3.8) is 0 Å². The van der Waals surface area contributed by atoms with Gasteiger partial charge in [-0.05, 0) is 24.3 Å². The summed E-state index contributed by atoms with van der Waals surface area (Å²) >= 11 is 6.07. The number of anilines is 1. The smallest absolute Gasteiger partial charge is 0.382 e. The van der Waals surface area contributed by atoms with E-state index in [0.717, 1.165) is 6.07 Å². The molecule has 2 amide bonds. The molecule has 0 atom stereocenters. The number of halogens is 4. The zero-order chi connectivity index (χ0) is 26.3. The number of aromatic nitrogens is 3. The largest absolute Gasteiger partial charge is 0.433 e. The molecule has 1 aromatic carbocycles. The lowest BCUT2D eigenvalue weighted by Crippen LogP contribution is -2.68. The van der Waals surface area contributed by atoms with Crippen LogP contribution >= 0.6 is 11.6 Å². The van der Waals surface area contributed by atoms with Crippen molar-refractivity contribution in [3.05, 3.63) is 52.9 Å². The molecule has 4 rings (SSSR count). The lowest BCUT2D eigenvalue weighted by Gasteiger charge is -2.49. The van der Waals surface area contributed by atoms with Crippen molar-refractivity contribution in [2.24, 2.45) is 0 Å². The first-order valence-corrected chi connectivity index (χ1v) is 10.1. The summed E-state index contributed by atoms with van der Waals surface area (Å²) in [6, 6.07) is 6.41. The number of rotatable bonds is 5. The fourth-order valence-corrected chi connectivity index (χ4v) is 3.95. The molecule has 0 unspecified atom stereocenters. The number of nitrogens with zero attached hydrogens (tertiary/aromatic N) is 5. The quantitative estimate of drug-likeness (QED) is 0.581. The van der Waals surface area contributed by atoms with Crippen molar-refractivity contribution >= 4 is 34.2 Å². The van der Waals surface area contributed by atoms with Crippen molar-refractivity contribution in [2.75, 3.05) is 31.9 Å². The van der Waals surface area contributed by atoms with Crippen LogP contribution in [0.25, 0.3) is 10.9 Å². The van der Waals surface area contributed by atoms with Crippen molar-refractivity contribution in [1.29, 1.82) is 5.26 Å². The Bertz CT molecular complexity index is 1350. The third-order valence-electron chi connectivity index (χ3n) is 5.44. The topological polar surface area (TPSA) is 98.9 Å². The number of nitriles is 1. The molecule has 2 N–H and O–H groups in total. The van der Waals surface area contributed by atoms with Gasteiger partial charge in [-0.2, -0.15) is 23.5 Å². The average molecular weight is 481 g/mol. The molecule has 1 fully saturated rings. The van der Waals surface area contributed by atoms with Gasteiger partial charge in [0.25, 0.3) is 0 Å². The number of pyridine rings is 1. The van der Waals surface area contributed by atoms with E-state index in [-0.39, 0.29) is 37.3 Å². The van der Waals surface area contributed by atoms with Gasteiger partial charge in [-0.3, -0.25) is 4.68 Å². The van der Waals surface area contributed by atoms with Crippen LogP contribution in [0.1, 0.15) is 15.4 Å². The Hall–Kier alpha value is -3.52. The Morgan fingerprint density at radius 2 is 2.18 bits per heavy atom. The van der Waals surface area contributed by atoms with Gasteiger partial charge in [0.15, 0.2) is 0 Å². The van der Waals surface area contributed by atoms with E-state index >= 15 is 0 Å². The van der Waals surface area contributed by atoms with Crippen LogP contribution in [-0.4, -0.2) is 52.3 Å². The van der Waals surface area contributed by atoms with Gasteiger partial charge in [-0.1, -0.05) is 11.6 Å². The number of hydrogen-bond donors (Lipinski definition) is 2. The van der Waals surface area contributed by atoms with Crippen LogP contribution in [0, 0.1) is 11.3 Å². The van der Waals surface area contributed by atoms with Gasteiger partial charge in [-0.15, -0.1) is 0 Å². The summed E-state index contributed by atoms with van der Waals surface area (Å²) < 4.78 is 63.7. The van der Waals surface area contributed by atoms with Crippen molar-refractivity contribution in [1.82, 2.24) is 25.0 Å². The third kappa shape index (κ3) is 4.39. The number of benzene rings is 1. The Kier molecular flexibility index (Phi) is 4.86. The lowest BCUT2D eigenvalue weighted by molar-refractivity contribution is -0.140. The summed E-state index contributed by atoms with van der Waals surface area (Å²) in [4.78, 5) is 17.3.